The summed E-state index contributed by atoms with van der Waals surface area (Å²) < 4.78 is 7.28. The lowest BCUT2D eigenvalue weighted by atomic mass is 9.88. The number of nitrogens with zero attached hydrogens (tertiary/aromatic N) is 2. The summed E-state index contributed by atoms with van der Waals surface area (Å²) in [4.78, 5) is 0. The monoisotopic (exact) mass is 286 g/mol. The molecule has 0 amide bonds. The molecule has 21 heavy (non-hydrogen) atoms. The van der Waals surface area contributed by atoms with Gasteiger partial charge in [0, 0.05) is 11.5 Å². The van der Waals surface area contributed by atoms with Crippen molar-refractivity contribution in [1.82, 2.24) is 9.78 Å². The highest BCUT2D eigenvalue weighted by Crippen LogP contribution is 2.57. The van der Waals surface area contributed by atoms with Gasteiger partial charge >= 0.3 is 0 Å². The molecule has 0 radical (unpaired) electrons. The molecule has 1 aliphatic carbocycles. The van der Waals surface area contributed by atoms with Crippen molar-refractivity contribution < 1.29 is 9.84 Å². The zero-order valence-corrected chi connectivity index (χ0v) is 12.8. The van der Waals surface area contributed by atoms with Gasteiger partial charge in [-0.05, 0) is 32.3 Å². The maximum Gasteiger partial charge on any atom is 0.162 e. The average molecular weight is 286 g/mol. The van der Waals surface area contributed by atoms with Crippen LogP contribution < -0.4 is 4.74 Å². The van der Waals surface area contributed by atoms with E-state index in [-0.39, 0.29) is 11.5 Å². The molecule has 1 saturated carbocycles. The standard InChI is InChI=1S/C17H22N2O2/c1-12(2)19-15(14(21-3)11-18-19)16(20)17(9-10-17)13-7-5-4-6-8-13/h4-8,11-12,16,20H,9-10H2,1-3H3. The Hall–Kier alpha value is -1.81. The van der Waals surface area contributed by atoms with Crippen LogP contribution in [-0.2, 0) is 5.41 Å². The summed E-state index contributed by atoms with van der Waals surface area (Å²) >= 11 is 0. The average Bonchev–Trinajstić information content (AvgIpc) is 3.20. The Bertz CT molecular complexity index is 615. The largest absolute Gasteiger partial charge is 0.493 e. The van der Waals surface area contributed by atoms with Gasteiger partial charge in [-0.3, -0.25) is 4.68 Å². The predicted molar refractivity (Wildman–Crippen MR) is 81.5 cm³/mol. The Morgan fingerprint density at radius 2 is 1.90 bits per heavy atom. The Balaban J connectivity index is 2.03. The first kappa shape index (κ1) is 14.1. The quantitative estimate of drug-likeness (QED) is 0.918. The number of aromatic nitrogens is 2. The maximum absolute atomic E-state index is 11.1. The fraction of sp³-hybridized carbons (Fsp3) is 0.471. The minimum Gasteiger partial charge on any atom is -0.493 e. The fourth-order valence-electron chi connectivity index (χ4n) is 3.07. The van der Waals surface area contributed by atoms with Crippen molar-refractivity contribution in [3.05, 3.63) is 47.8 Å². The number of rotatable bonds is 5. The van der Waals surface area contributed by atoms with Gasteiger partial charge in [-0.15, -0.1) is 0 Å². The van der Waals surface area contributed by atoms with E-state index in [9.17, 15) is 5.11 Å². The lowest BCUT2D eigenvalue weighted by Crippen LogP contribution is -2.23. The molecule has 3 rings (SSSR count). The summed E-state index contributed by atoms with van der Waals surface area (Å²) in [6.07, 6.45) is 3.08. The van der Waals surface area contributed by atoms with E-state index < -0.39 is 6.10 Å². The van der Waals surface area contributed by atoms with Gasteiger partial charge in [0.05, 0.1) is 13.3 Å². The van der Waals surface area contributed by atoms with Crippen LogP contribution >= 0.6 is 0 Å². The molecular formula is C17H22N2O2. The van der Waals surface area contributed by atoms with Crippen LogP contribution in [0.5, 0.6) is 5.75 Å². The maximum atomic E-state index is 11.1. The SMILES string of the molecule is COc1cnn(C(C)C)c1C(O)C1(c2ccccc2)CC1. The normalized spacial score (nSPS) is 17.8. The summed E-state index contributed by atoms with van der Waals surface area (Å²) in [5.74, 6) is 0.665. The molecule has 0 spiro atoms. The van der Waals surface area contributed by atoms with Crippen LogP contribution in [0.3, 0.4) is 0 Å². The van der Waals surface area contributed by atoms with Crippen LogP contribution in [0, 0.1) is 0 Å². The number of hydrogen-bond acceptors (Lipinski definition) is 3. The van der Waals surface area contributed by atoms with Crippen LogP contribution in [0.4, 0.5) is 0 Å². The minimum absolute atomic E-state index is 0.185. The highest BCUT2D eigenvalue weighted by Gasteiger charge is 2.52. The third-order valence-corrected chi connectivity index (χ3v) is 4.43. The van der Waals surface area contributed by atoms with Gasteiger partial charge in [-0.2, -0.15) is 5.10 Å². The number of benzene rings is 1. The first-order valence-electron chi connectivity index (χ1n) is 7.45. The summed E-state index contributed by atoms with van der Waals surface area (Å²) in [6, 6.07) is 10.4. The van der Waals surface area contributed by atoms with E-state index in [1.54, 1.807) is 13.3 Å². The van der Waals surface area contributed by atoms with E-state index in [1.165, 1.54) is 5.56 Å². The molecule has 2 aromatic rings. The second kappa shape index (κ2) is 5.19. The van der Waals surface area contributed by atoms with Gasteiger partial charge in [0.1, 0.15) is 11.8 Å². The van der Waals surface area contributed by atoms with Crippen molar-refractivity contribution in [2.45, 2.75) is 44.2 Å². The topological polar surface area (TPSA) is 47.3 Å². The van der Waals surface area contributed by atoms with Gasteiger partial charge in [-0.1, -0.05) is 30.3 Å². The summed E-state index contributed by atoms with van der Waals surface area (Å²) in [5.41, 5.74) is 1.78. The van der Waals surface area contributed by atoms with Gasteiger partial charge in [0.2, 0.25) is 0 Å². The lowest BCUT2D eigenvalue weighted by Gasteiger charge is -2.25. The number of aliphatic hydroxyl groups excluding tert-OH is 1. The zero-order chi connectivity index (χ0) is 15.0. The number of aliphatic hydroxyl groups is 1. The third-order valence-electron chi connectivity index (χ3n) is 4.43. The molecule has 1 unspecified atom stereocenters. The van der Waals surface area contributed by atoms with Crippen LogP contribution in [0.1, 0.15) is 50.1 Å². The van der Waals surface area contributed by atoms with Gasteiger partial charge in [0.25, 0.3) is 0 Å². The highest BCUT2D eigenvalue weighted by molar-refractivity contribution is 5.39. The molecule has 1 aromatic carbocycles. The molecule has 1 N–H and O–H groups in total. The van der Waals surface area contributed by atoms with E-state index in [1.807, 2.05) is 22.9 Å². The number of ether oxygens (including phenoxy) is 1. The second-order valence-corrected chi connectivity index (χ2v) is 6.06. The second-order valence-electron chi connectivity index (χ2n) is 6.06. The molecule has 1 aliphatic rings. The third kappa shape index (κ3) is 2.23. The molecule has 0 saturated heterocycles. The first-order valence-corrected chi connectivity index (χ1v) is 7.45. The molecule has 112 valence electrons. The Morgan fingerprint density at radius 3 is 2.43 bits per heavy atom. The molecule has 0 bridgehead atoms. The molecule has 1 atom stereocenters. The lowest BCUT2D eigenvalue weighted by molar-refractivity contribution is 0.118. The van der Waals surface area contributed by atoms with Crippen molar-refractivity contribution in [2.75, 3.05) is 7.11 Å². The number of hydrogen-bond donors (Lipinski definition) is 1. The van der Waals surface area contributed by atoms with Gasteiger partial charge in [0.15, 0.2) is 5.75 Å². The number of methoxy groups -OCH3 is 1. The zero-order valence-electron chi connectivity index (χ0n) is 12.8. The first-order chi connectivity index (χ1) is 10.1. The minimum atomic E-state index is -0.597. The summed E-state index contributed by atoms with van der Waals surface area (Å²) in [7, 11) is 1.62. The predicted octanol–water partition coefficient (Wildman–Crippen LogP) is 3.24. The molecule has 0 aliphatic heterocycles. The molecular weight excluding hydrogens is 264 g/mol. The van der Waals surface area contributed by atoms with Gasteiger partial charge in [-0.25, -0.2) is 0 Å². The summed E-state index contributed by atoms with van der Waals surface area (Å²) in [5, 5.41) is 15.4. The van der Waals surface area contributed by atoms with Crippen molar-refractivity contribution in [2.24, 2.45) is 0 Å². The molecule has 1 aromatic heterocycles. The van der Waals surface area contributed by atoms with Crippen LogP contribution in [0.15, 0.2) is 36.5 Å². The smallest absolute Gasteiger partial charge is 0.162 e. The van der Waals surface area contributed by atoms with Crippen molar-refractivity contribution in [3.8, 4) is 5.75 Å². The van der Waals surface area contributed by atoms with Crippen LogP contribution in [0.2, 0.25) is 0 Å². The van der Waals surface area contributed by atoms with E-state index in [2.05, 4.69) is 31.1 Å². The molecule has 1 heterocycles. The van der Waals surface area contributed by atoms with Crippen molar-refractivity contribution >= 4 is 0 Å². The van der Waals surface area contributed by atoms with E-state index in [0.717, 1.165) is 18.5 Å². The van der Waals surface area contributed by atoms with E-state index in [4.69, 9.17) is 4.74 Å². The highest BCUT2D eigenvalue weighted by atomic mass is 16.5. The molecule has 1 fully saturated rings. The Kier molecular flexibility index (Phi) is 3.49. The van der Waals surface area contributed by atoms with Crippen molar-refractivity contribution in [1.29, 1.82) is 0 Å². The Morgan fingerprint density at radius 1 is 1.24 bits per heavy atom. The van der Waals surface area contributed by atoms with E-state index in [0.29, 0.717) is 5.75 Å². The summed E-state index contributed by atoms with van der Waals surface area (Å²) in [6.45, 7) is 4.12. The molecule has 4 nitrogen and oxygen atoms in total. The van der Waals surface area contributed by atoms with Crippen molar-refractivity contribution in [3.63, 3.8) is 0 Å². The van der Waals surface area contributed by atoms with Crippen LogP contribution in [-0.4, -0.2) is 22.0 Å². The molecule has 4 heteroatoms. The van der Waals surface area contributed by atoms with Crippen LogP contribution in [0.25, 0.3) is 0 Å². The van der Waals surface area contributed by atoms with Gasteiger partial charge < -0.3 is 9.84 Å². The van der Waals surface area contributed by atoms with E-state index >= 15 is 0 Å². The fourth-order valence-corrected chi connectivity index (χ4v) is 3.07. The Labute approximate surface area is 125 Å².